The van der Waals surface area contributed by atoms with E-state index in [0.717, 1.165) is 11.1 Å². The van der Waals surface area contributed by atoms with Gasteiger partial charge in [-0.15, -0.1) is 0 Å². The van der Waals surface area contributed by atoms with E-state index < -0.39 is 20.5 Å². The van der Waals surface area contributed by atoms with Crippen LogP contribution >= 0.6 is 0 Å². The van der Waals surface area contributed by atoms with Crippen molar-refractivity contribution >= 4 is 15.7 Å². The van der Waals surface area contributed by atoms with Crippen molar-refractivity contribution in [3.8, 4) is 11.4 Å². The lowest BCUT2D eigenvalue weighted by Crippen LogP contribution is -2.68. The van der Waals surface area contributed by atoms with Gasteiger partial charge >= 0.3 is 0 Å². The number of aromatic nitrogens is 3. The minimum atomic E-state index is -3.40. The molecule has 10 heteroatoms. The first kappa shape index (κ1) is 20.8. The van der Waals surface area contributed by atoms with Crippen LogP contribution in [0.2, 0.25) is 0 Å². The van der Waals surface area contributed by atoms with Gasteiger partial charge in [0.05, 0.1) is 18.3 Å². The van der Waals surface area contributed by atoms with Crippen molar-refractivity contribution < 1.29 is 22.5 Å². The van der Waals surface area contributed by atoms with E-state index in [2.05, 4.69) is 15.1 Å². The number of hydrogen-bond donors (Lipinski definition) is 0. The maximum Gasteiger partial charge on any atom is 0.248 e. The summed E-state index contributed by atoms with van der Waals surface area (Å²) in [6.07, 6.45) is 3.65. The minimum absolute atomic E-state index is 0.0389. The molecule has 3 aromatic rings. The maximum absolute atomic E-state index is 12.9. The Hall–Kier alpha value is -3.11. The molecule has 2 aliphatic rings. The summed E-state index contributed by atoms with van der Waals surface area (Å²) in [6, 6.07) is 13.1. The van der Waals surface area contributed by atoms with Gasteiger partial charge < -0.3 is 14.2 Å². The van der Waals surface area contributed by atoms with E-state index in [1.54, 1.807) is 24.5 Å². The van der Waals surface area contributed by atoms with E-state index in [0.29, 0.717) is 24.7 Å². The van der Waals surface area contributed by atoms with E-state index >= 15 is 0 Å². The largest absolute Gasteiger partial charge is 0.367 e. The first-order valence-electron chi connectivity index (χ1n) is 10.3. The number of pyridine rings is 1. The van der Waals surface area contributed by atoms with Crippen molar-refractivity contribution in [2.75, 3.05) is 25.4 Å². The van der Waals surface area contributed by atoms with Crippen LogP contribution < -0.4 is 0 Å². The number of rotatable bonds is 6. The van der Waals surface area contributed by atoms with Gasteiger partial charge in [-0.05, 0) is 24.1 Å². The summed E-state index contributed by atoms with van der Waals surface area (Å²) in [4.78, 5) is 22.5. The molecule has 0 N–H and O–H groups in total. The number of amides is 1. The number of nitrogens with zero attached hydrogens (tertiary/aromatic N) is 4. The number of sulfone groups is 1. The fraction of sp³-hybridized carbons (Fsp3) is 0.364. The van der Waals surface area contributed by atoms with Gasteiger partial charge in [-0.2, -0.15) is 4.98 Å². The van der Waals surface area contributed by atoms with Gasteiger partial charge in [0.1, 0.15) is 11.4 Å². The number of benzene rings is 1. The summed E-state index contributed by atoms with van der Waals surface area (Å²) in [5, 5.41) is 4.02. The second-order valence-corrected chi connectivity index (χ2v) is 10.6. The second-order valence-electron chi connectivity index (χ2n) is 8.15. The van der Waals surface area contributed by atoms with Crippen LogP contribution in [0.5, 0.6) is 0 Å². The number of ether oxygens (including phenoxy) is 1. The molecule has 2 fully saturated rings. The molecule has 0 bridgehead atoms. The second kappa shape index (κ2) is 8.10. The average Bonchev–Trinajstić information content (AvgIpc) is 3.36. The van der Waals surface area contributed by atoms with Gasteiger partial charge in [-0.1, -0.05) is 35.5 Å². The van der Waals surface area contributed by atoms with E-state index in [1.807, 2.05) is 30.3 Å². The molecule has 166 valence electrons. The van der Waals surface area contributed by atoms with E-state index in [1.165, 1.54) is 4.90 Å². The third-order valence-corrected chi connectivity index (χ3v) is 8.77. The standard InChI is InChI=1S/C22H22N4O5S/c27-19(13-30-12-16-4-2-1-3-5-16)26-14-22(15-26)18(8-11-32(22,28)29)21-24-20(25-31-21)17-6-9-23-10-7-17/h1-7,9-10,18H,8,11-15H2. The Balaban J connectivity index is 1.26. The van der Waals surface area contributed by atoms with E-state index in [4.69, 9.17) is 9.26 Å². The fourth-order valence-electron chi connectivity index (χ4n) is 4.41. The zero-order valence-corrected chi connectivity index (χ0v) is 18.1. The van der Waals surface area contributed by atoms with Gasteiger partial charge in [0.25, 0.3) is 0 Å². The molecule has 1 amide bonds. The van der Waals surface area contributed by atoms with Crippen molar-refractivity contribution in [2.45, 2.75) is 23.7 Å². The summed E-state index contributed by atoms with van der Waals surface area (Å²) >= 11 is 0. The van der Waals surface area contributed by atoms with Crippen LogP contribution in [-0.2, 0) is 26.0 Å². The van der Waals surface area contributed by atoms with Crippen LogP contribution in [0, 0.1) is 0 Å². The Labute approximate surface area is 185 Å². The Kier molecular flexibility index (Phi) is 5.26. The van der Waals surface area contributed by atoms with E-state index in [9.17, 15) is 13.2 Å². The monoisotopic (exact) mass is 454 g/mol. The zero-order valence-electron chi connectivity index (χ0n) is 17.3. The van der Waals surface area contributed by atoms with Crippen molar-refractivity contribution in [3.63, 3.8) is 0 Å². The summed E-state index contributed by atoms with van der Waals surface area (Å²) in [6.45, 7) is 0.454. The quantitative estimate of drug-likeness (QED) is 0.554. The molecule has 1 unspecified atom stereocenters. The fourth-order valence-corrected chi connectivity index (χ4v) is 6.72. The van der Waals surface area contributed by atoms with Gasteiger partial charge in [-0.3, -0.25) is 9.78 Å². The van der Waals surface area contributed by atoms with Gasteiger partial charge in [-0.25, -0.2) is 8.42 Å². The normalized spacial score (nSPS) is 20.9. The Morgan fingerprint density at radius 2 is 1.91 bits per heavy atom. The lowest BCUT2D eigenvalue weighted by molar-refractivity contribution is -0.142. The Morgan fingerprint density at radius 3 is 2.66 bits per heavy atom. The SMILES string of the molecule is O=C(COCc1ccccc1)N1CC2(C1)C(c1nc(-c3ccncc3)no1)CCS2(=O)=O. The molecule has 0 saturated carbocycles. The molecule has 2 aromatic heterocycles. The Morgan fingerprint density at radius 1 is 1.16 bits per heavy atom. The van der Waals surface area contributed by atoms with Crippen LogP contribution in [0.15, 0.2) is 59.4 Å². The summed E-state index contributed by atoms with van der Waals surface area (Å²) in [5.74, 6) is 0.0611. The molecule has 2 aliphatic heterocycles. The molecule has 5 rings (SSSR count). The topological polar surface area (TPSA) is 115 Å². The van der Waals surface area contributed by atoms with Crippen LogP contribution in [0.1, 0.15) is 23.8 Å². The van der Waals surface area contributed by atoms with Crippen molar-refractivity contribution in [3.05, 3.63) is 66.3 Å². The smallest absolute Gasteiger partial charge is 0.248 e. The minimum Gasteiger partial charge on any atom is -0.367 e. The molecule has 1 atom stereocenters. The molecule has 0 aliphatic carbocycles. The van der Waals surface area contributed by atoms with Gasteiger partial charge in [0.2, 0.25) is 17.6 Å². The highest BCUT2D eigenvalue weighted by molar-refractivity contribution is 7.93. The van der Waals surface area contributed by atoms with Crippen molar-refractivity contribution in [1.82, 2.24) is 20.0 Å². The molecular weight excluding hydrogens is 432 g/mol. The predicted molar refractivity (Wildman–Crippen MR) is 114 cm³/mol. The molecule has 1 spiro atoms. The summed E-state index contributed by atoms with van der Waals surface area (Å²) in [7, 11) is -3.40. The molecule has 0 radical (unpaired) electrons. The zero-order chi connectivity index (χ0) is 22.2. The first-order valence-corrected chi connectivity index (χ1v) is 12.0. The van der Waals surface area contributed by atoms with Crippen LogP contribution in [0.25, 0.3) is 11.4 Å². The van der Waals surface area contributed by atoms with Crippen molar-refractivity contribution in [1.29, 1.82) is 0 Å². The van der Waals surface area contributed by atoms with Crippen molar-refractivity contribution in [2.24, 2.45) is 0 Å². The predicted octanol–water partition coefficient (Wildman–Crippen LogP) is 1.83. The highest BCUT2D eigenvalue weighted by Gasteiger charge is 2.64. The first-order chi connectivity index (χ1) is 15.5. The molecular formula is C22H22N4O5S. The number of hydrogen-bond acceptors (Lipinski definition) is 8. The highest BCUT2D eigenvalue weighted by atomic mass is 32.2. The van der Waals surface area contributed by atoms with Crippen LogP contribution in [0.3, 0.4) is 0 Å². The van der Waals surface area contributed by atoms with Gasteiger partial charge in [0.15, 0.2) is 9.84 Å². The summed E-state index contributed by atoms with van der Waals surface area (Å²) < 4.78 is 35.8. The average molecular weight is 455 g/mol. The van der Waals surface area contributed by atoms with Crippen LogP contribution in [0.4, 0.5) is 0 Å². The third kappa shape index (κ3) is 3.59. The Bertz CT molecular complexity index is 1210. The van der Waals surface area contributed by atoms with Crippen LogP contribution in [-0.4, -0.2) is 64.5 Å². The lowest BCUT2D eigenvalue weighted by Gasteiger charge is -2.48. The number of likely N-dealkylation sites (tertiary alicyclic amines) is 1. The molecule has 1 aromatic carbocycles. The third-order valence-electron chi connectivity index (χ3n) is 6.21. The summed E-state index contributed by atoms with van der Waals surface area (Å²) in [5.41, 5.74) is 1.71. The maximum atomic E-state index is 12.9. The van der Waals surface area contributed by atoms with E-state index in [-0.39, 0.29) is 31.4 Å². The number of carbonyl (C=O) groups excluding carboxylic acids is 1. The molecule has 4 heterocycles. The molecule has 9 nitrogen and oxygen atoms in total. The molecule has 32 heavy (non-hydrogen) atoms. The highest BCUT2D eigenvalue weighted by Crippen LogP contribution is 2.49. The lowest BCUT2D eigenvalue weighted by atomic mass is 9.83. The molecule has 2 saturated heterocycles. The van der Waals surface area contributed by atoms with Gasteiger partial charge in [0, 0.05) is 31.0 Å². The number of carbonyl (C=O) groups is 1.